The molecule has 0 aliphatic carbocycles. The highest BCUT2D eigenvalue weighted by Gasteiger charge is 2.28. The number of aromatic nitrogens is 3. The highest BCUT2D eigenvalue weighted by atomic mass is 16.2. The molecule has 1 saturated heterocycles. The first-order chi connectivity index (χ1) is 17.1. The van der Waals surface area contributed by atoms with Gasteiger partial charge in [0.25, 0.3) is 5.91 Å². The van der Waals surface area contributed by atoms with Gasteiger partial charge in [-0.05, 0) is 48.1 Å². The average molecular weight is 473 g/mol. The van der Waals surface area contributed by atoms with Crippen molar-refractivity contribution in [2.45, 2.75) is 59.3 Å². The van der Waals surface area contributed by atoms with Crippen molar-refractivity contribution < 1.29 is 4.79 Å². The highest BCUT2D eigenvalue weighted by molar-refractivity contribution is 5.94. The summed E-state index contributed by atoms with van der Waals surface area (Å²) in [7, 11) is 0. The molecule has 0 bridgehead atoms. The van der Waals surface area contributed by atoms with Crippen molar-refractivity contribution in [3.05, 3.63) is 76.9 Å². The molecule has 35 heavy (non-hydrogen) atoms. The van der Waals surface area contributed by atoms with Crippen LogP contribution in [0.25, 0.3) is 0 Å². The van der Waals surface area contributed by atoms with Gasteiger partial charge in [0.05, 0.1) is 0 Å². The Hall–Kier alpha value is -3.19. The lowest BCUT2D eigenvalue weighted by molar-refractivity contribution is 0.0942. The largest absolute Gasteiger partial charge is 0.372 e. The summed E-state index contributed by atoms with van der Waals surface area (Å²) in [5.41, 5.74) is 6.48. The third-order valence-corrected chi connectivity index (χ3v) is 6.96. The third kappa shape index (κ3) is 5.56. The van der Waals surface area contributed by atoms with E-state index in [1.807, 2.05) is 12.1 Å². The molecular formula is C28H36N6O. The van der Waals surface area contributed by atoms with E-state index in [1.165, 1.54) is 42.9 Å². The number of carbonyl (C=O) groups excluding carboxylic acids is 1. The molecule has 0 atom stereocenters. The maximum atomic E-state index is 13.2. The first-order valence-electron chi connectivity index (χ1n) is 12.9. The average Bonchev–Trinajstić information content (AvgIpc) is 3.52. The zero-order valence-electron chi connectivity index (χ0n) is 20.9. The molecule has 1 aromatic carbocycles. The van der Waals surface area contributed by atoms with Crippen molar-refractivity contribution in [3.63, 3.8) is 0 Å². The summed E-state index contributed by atoms with van der Waals surface area (Å²) < 4.78 is 2.07. The number of carbonyl (C=O) groups is 1. The summed E-state index contributed by atoms with van der Waals surface area (Å²) in [5, 5.41) is 7.85. The van der Waals surface area contributed by atoms with Crippen LogP contribution in [-0.2, 0) is 32.6 Å². The minimum atomic E-state index is -0.107. The zero-order chi connectivity index (χ0) is 24.2. The van der Waals surface area contributed by atoms with Crippen LogP contribution in [0.2, 0.25) is 0 Å². The summed E-state index contributed by atoms with van der Waals surface area (Å²) in [6.07, 6.45) is 7.02. The molecule has 1 N–H and O–H groups in total. The predicted octanol–water partition coefficient (Wildman–Crippen LogP) is 4.02. The van der Waals surface area contributed by atoms with E-state index in [2.05, 4.69) is 62.9 Å². The van der Waals surface area contributed by atoms with Gasteiger partial charge in [-0.3, -0.25) is 19.4 Å². The Morgan fingerprint density at radius 1 is 1.06 bits per heavy atom. The lowest BCUT2D eigenvalue weighted by atomic mass is 10.0. The highest BCUT2D eigenvalue weighted by Crippen LogP contribution is 2.26. The number of hydrogen-bond acceptors (Lipinski definition) is 5. The van der Waals surface area contributed by atoms with Crippen molar-refractivity contribution in [1.29, 1.82) is 0 Å². The monoisotopic (exact) mass is 472 g/mol. The molecule has 2 aliphatic rings. The SMILES string of the molecule is CC(C)Cn1nc(C(=O)NCc2cccnc2)c2c1CCN(Cc1ccc(N3CCCC3)cc1)C2. The lowest BCUT2D eigenvalue weighted by Gasteiger charge is -2.28. The molecular weight excluding hydrogens is 436 g/mol. The quantitative estimate of drug-likeness (QED) is 0.536. The predicted molar refractivity (Wildman–Crippen MR) is 138 cm³/mol. The van der Waals surface area contributed by atoms with E-state index in [0.717, 1.165) is 43.7 Å². The van der Waals surface area contributed by atoms with Gasteiger partial charge in [0.15, 0.2) is 5.69 Å². The first-order valence-corrected chi connectivity index (χ1v) is 12.9. The summed E-state index contributed by atoms with van der Waals surface area (Å²) in [4.78, 5) is 22.2. The van der Waals surface area contributed by atoms with Gasteiger partial charge in [-0.25, -0.2) is 0 Å². The Morgan fingerprint density at radius 2 is 1.86 bits per heavy atom. The molecule has 2 aliphatic heterocycles. The summed E-state index contributed by atoms with van der Waals surface area (Å²) in [5.74, 6) is 0.363. The lowest BCUT2D eigenvalue weighted by Crippen LogP contribution is -2.32. The number of nitrogens with one attached hydrogen (secondary N) is 1. The molecule has 0 spiro atoms. The number of fused-ring (bicyclic) bond motifs is 1. The Bertz CT molecular complexity index is 1130. The Kier molecular flexibility index (Phi) is 7.13. The Morgan fingerprint density at radius 3 is 2.57 bits per heavy atom. The van der Waals surface area contributed by atoms with E-state index in [9.17, 15) is 4.79 Å². The number of rotatable bonds is 8. The molecule has 7 nitrogen and oxygen atoms in total. The van der Waals surface area contributed by atoms with Gasteiger partial charge in [0.1, 0.15) is 0 Å². The third-order valence-electron chi connectivity index (χ3n) is 6.96. The minimum Gasteiger partial charge on any atom is -0.372 e. The molecule has 4 heterocycles. The number of pyridine rings is 1. The zero-order valence-corrected chi connectivity index (χ0v) is 20.9. The van der Waals surface area contributed by atoms with Crippen LogP contribution in [0.5, 0.6) is 0 Å². The second-order valence-electron chi connectivity index (χ2n) is 10.2. The fraction of sp³-hybridized carbons (Fsp3) is 0.464. The maximum absolute atomic E-state index is 13.2. The van der Waals surface area contributed by atoms with Crippen LogP contribution in [0.4, 0.5) is 5.69 Å². The second-order valence-corrected chi connectivity index (χ2v) is 10.2. The fourth-order valence-corrected chi connectivity index (χ4v) is 5.18. The smallest absolute Gasteiger partial charge is 0.272 e. The van der Waals surface area contributed by atoms with Gasteiger partial charge in [0, 0.05) is 81.6 Å². The van der Waals surface area contributed by atoms with Crippen LogP contribution in [-0.4, -0.2) is 45.2 Å². The number of hydrogen-bond donors (Lipinski definition) is 1. The van der Waals surface area contributed by atoms with Crippen LogP contribution in [0.15, 0.2) is 48.8 Å². The van der Waals surface area contributed by atoms with E-state index in [0.29, 0.717) is 18.2 Å². The van der Waals surface area contributed by atoms with Crippen molar-refractivity contribution in [1.82, 2.24) is 25.0 Å². The topological polar surface area (TPSA) is 66.3 Å². The van der Waals surface area contributed by atoms with E-state index in [4.69, 9.17) is 5.10 Å². The molecule has 1 fully saturated rings. The molecule has 7 heteroatoms. The molecule has 2 aromatic heterocycles. The maximum Gasteiger partial charge on any atom is 0.272 e. The van der Waals surface area contributed by atoms with Crippen molar-refractivity contribution >= 4 is 11.6 Å². The van der Waals surface area contributed by atoms with Gasteiger partial charge in [-0.15, -0.1) is 0 Å². The van der Waals surface area contributed by atoms with Crippen molar-refractivity contribution in [2.75, 3.05) is 24.5 Å². The summed E-state index contributed by atoms with van der Waals surface area (Å²) in [6, 6.07) is 12.9. The second kappa shape index (κ2) is 10.6. The van der Waals surface area contributed by atoms with Gasteiger partial charge in [-0.1, -0.05) is 32.0 Å². The molecule has 184 valence electrons. The van der Waals surface area contributed by atoms with Crippen LogP contribution < -0.4 is 10.2 Å². The number of anilines is 1. The van der Waals surface area contributed by atoms with Crippen LogP contribution in [0.3, 0.4) is 0 Å². The number of nitrogens with zero attached hydrogens (tertiary/aromatic N) is 5. The first kappa shape index (κ1) is 23.5. The standard InChI is InChI=1S/C28H36N6O/c1-21(2)18-34-26-11-15-32(19-22-7-9-24(10-8-22)33-13-3-4-14-33)20-25(26)27(31-34)28(35)30-17-23-6-5-12-29-16-23/h5-10,12,16,21H,3-4,11,13-15,17-20H2,1-2H3,(H,30,35). The normalized spacial score (nSPS) is 16.0. The van der Waals surface area contributed by atoms with Gasteiger partial charge in [-0.2, -0.15) is 5.10 Å². The molecule has 0 radical (unpaired) electrons. The van der Waals surface area contributed by atoms with Crippen LogP contribution in [0.1, 0.15) is 59.6 Å². The van der Waals surface area contributed by atoms with Crippen molar-refractivity contribution in [2.24, 2.45) is 5.92 Å². The Labute approximate surface area is 208 Å². The van der Waals surface area contributed by atoms with Crippen molar-refractivity contribution in [3.8, 4) is 0 Å². The molecule has 3 aromatic rings. The number of amides is 1. The molecule has 5 rings (SSSR count). The van der Waals surface area contributed by atoms with E-state index < -0.39 is 0 Å². The molecule has 0 unspecified atom stereocenters. The van der Waals surface area contributed by atoms with E-state index in [-0.39, 0.29) is 5.91 Å². The van der Waals surface area contributed by atoms with Crippen LogP contribution >= 0.6 is 0 Å². The molecule has 1 amide bonds. The van der Waals surface area contributed by atoms with Gasteiger partial charge in [0.2, 0.25) is 0 Å². The van der Waals surface area contributed by atoms with E-state index >= 15 is 0 Å². The fourth-order valence-electron chi connectivity index (χ4n) is 5.18. The van der Waals surface area contributed by atoms with Gasteiger partial charge >= 0.3 is 0 Å². The van der Waals surface area contributed by atoms with Gasteiger partial charge < -0.3 is 10.2 Å². The Balaban J connectivity index is 1.30. The number of benzene rings is 1. The molecule has 0 saturated carbocycles. The van der Waals surface area contributed by atoms with E-state index in [1.54, 1.807) is 12.4 Å². The summed E-state index contributed by atoms with van der Waals surface area (Å²) in [6.45, 7) is 10.6. The summed E-state index contributed by atoms with van der Waals surface area (Å²) >= 11 is 0. The van der Waals surface area contributed by atoms with Crippen LogP contribution in [0, 0.1) is 5.92 Å². The minimum absolute atomic E-state index is 0.107.